The zero-order chi connectivity index (χ0) is 22.1. The molecule has 10 heteroatoms. The van der Waals surface area contributed by atoms with Crippen molar-refractivity contribution in [2.75, 3.05) is 13.1 Å². The van der Waals surface area contributed by atoms with Gasteiger partial charge in [-0.05, 0) is 66.5 Å². The van der Waals surface area contributed by atoms with Gasteiger partial charge in [0.1, 0.15) is 5.75 Å². The molecule has 2 N–H and O–H groups in total. The maximum atomic E-state index is 13.0. The Hall–Kier alpha value is -2.49. The second-order valence-corrected chi connectivity index (χ2v) is 7.45. The molecule has 2 aromatic rings. The number of aromatic hydroxyl groups is 1. The van der Waals surface area contributed by atoms with Crippen molar-refractivity contribution < 1.29 is 31.4 Å². The van der Waals surface area contributed by atoms with E-state index in [4.69, 9.17) is 12.2 Å². The number of alkyl halides is 6. The van der Waals surface area contributed by atoms with Crippen LogP contribution in [0.1, 0.15) is 22.3 Å². The largest absolute Gasteiger partial charge is 0.508 e. The van der Waals surface area contributed by atoms with Crippen molar-refractivity contribution in [2.24, 2.45) is 0 Å². The van der Waals surface area contributed by atoms with E-state index in [0.717, 1.165) is 17.7 Å². The average molecular weight is 448 g/mol. The Morgan fingerprint density at radius 2 is 1.50 bits per heavy atom. The monoisotopic (exact) mass is 448 g/mol. The summed E-state index contributed by atoms with van der Waals surface area (Å²) >= 11 is 5.25. The Labute approximate surface area is 174 Å². The second-order valence-electron chi connectivity index (χ2n) is 7.07. The Bertz CT molecular complexity index is 879. The molecule has 1 aliphatic heterocycles. The van der Waals surface area contributed by atoms with Crippen LogP contribution in [0.15, 0.2) is 42.5 Å². The highest BCUT2D eigenvalue weighted by Crippen LogP contribution is 2.36. The van der Waals surface area contributed by atoms with Crippen LogP contribution in [0.4, 0.5) is 26.3 Å². The van der Waals surface area contributed by atoms with Crippen LogP contribution < -0.4 is 5.32 Å². The number of hydrogen-bond donors (Lipinski definition) is 2. The molecule has 1 fully saturated rings. The van der Waals surface area contributed by atoms with Crippen LogP contribution in [0.5, 0.6) is 5.75 Å². The Morgan fingerprint density at radius 1 is 0.933 bits per heavy atom. The zero-order valence-corrected chi connectivity index (χ0v) is 16.3. The van der Waals surface area contributed by atoms with E-state index >= 15 is 0 Å². The van der Waals surface area contributed by atoms with Crippen LogP contribution >= 0.6 is 12.2 Å². The molecular weight excluding hydrogens is 430 g/mol. The third-order valence-corrected chi connectivity index (χ3v) is 5.27. The highest BCUT2D eigenvalue weighted by Gasteiger charge is 2.37. The SMILES string of the molecule is Oc1ccc(C[C@@H]2CNC(=S)N2CCc2cc(C(F)(F)F)cc(C(F)(F)F)c2)cc1. The molecule has 0 aliphatic carbocycles. The number of hydrogen-bond acceptors (Lipinski definition) is 2. The Morgan fingerprint density at radius 3 is 2.03 bits per heavy atom. The van der Waals surface area contributed by atoms with Crippen molar-refractivity contribution in [1.29, 1.82) is 0 Å². The summed E-state index contributed by atoms with van der Waals surface area (Å²) < 4.78 is 78.3. The summed E-state index contributed by atoms with van der Waals surface area (Å²) in [6.45, 7) is 0.684. The van der Waals surface area contributed by atoms with Gasteiger partial charge in [-0.25, -0.2) is 0 Å². The smallest absolute Gasteiger partial charge is 0.416 e. The molecule has 0 saturated carbocycles. The van der Waals surface area contributed by atoms with Crippen molar-refractivity contribution in [3.63, 3.8) is 0 Å². The zero-order valence-electron chi connectivity index (χ0n) is 15.5. The van der Waals surface area contributed by atoms with Crippen molar-refractivity contribution in [2.45, 2.75) is 31.2 Å². The minimum absolute atomic E-state index is 0.0269. The Balaban J connectivity index is 1.77. The summed E-state index contributed by atoms with van der Waals surface area (Å²) in [5, 5.41) is 12.8. The lowest BCUT2D eigenvalue weighted by Crippen LogP contribution is -2.37. The van der Waals surface area contributed by atoms with E-state index < -0.39 is 23.5 Å². The van der Waals surface area contributed by atoms with Crippen LogP contribution in [0, 0.1) is 0 Å². The lowest BCUT2D eigenvalue weighted by Gasteiger charge is -2.25. The van der Waals surface area contributed by atoms with Crippen molar-refractivity contribution in [3.8, 4) is 5.75 Å². The number of nitrogens with one attached hydrogen (secondary N) is 1. The number of benzene rings is 2. The van der Waals surface area contributed by atoms with E-state index in [9.17, 15) is 31.4 Å². The third kappa shape index (κ3) is 5.35. The quantitative estimate of drug-likeness (QED) is 0.510. The van der Waals surface area contributed by atoms with Gasteiger partial charge in [-0.15, -0.1) is 0 Å². The molecule has 0 radical (unpaired) electrons. The van der Waals surface area contributed by atoms with E-state index in [0.29, 0.717) is 18.1 Å². The number of phenolic OH excluding ortho intramolecular Hbond substituents is 1. The number of nitrogens with zero attached hydrogens (tertiary/aromatic N) is 1. The lowest BCUT2D eigenvalue weighted by atomic mass is 10.0. The summed E-state index contributed by atoms with van der Waals surface area (Å²) in [5.74, 6) is 0.126. The number of phenols is 1. The minimum atomic E-state index is -4.87. The lowest BCUT2D eigenvalue weighted by molar-refractivity contribution is -0.143. The van der Waals surface area contributed by atoms with Crippen LogP contribution in [-0.2, 0) is 25.2 Å². The molecule has 2 aromatic carbocycles. The number of thiocarbonyl (C=S) groups is 1. The predicted molar refractivity (Wildman–Crippen MR) is 103 cm³/mol. The van der Waals surface area contributed by atoms with Gasteiger partial charge < -0.3 is 15.3 Å². The van der Waals surface area contributed by atoms with Gasteiger partial charge in [0.2, 0.25) is 0 Å². The summed E-state index contributed by atoms with van der Waals surface area (Å²) in [5.41, 5.74) is -1.78. The first kappa shape index (κ1) is 22.2. The fourth-order valence-corrected chi connectivity index (χ4v) is 3.69. The van der Waals surface area contributed by atoms with E-state index in [1.54, 1.807) is 29.2 Å². The standard InChI is InChI=1S/C20H18F6N2OS/c21-19(22,23)14-7-13(8-15(10-14)20(24,25)26)5-6-28-16(11-27-18(28)30)9-12-1-3-17(29)4-2-12/h1-4,7-8,10,16,29H,5-6,9,11H2,(H,27,30)/t16-/m1/s1. The molecule has 1 saturated heterocycles. The van der Waals surface area contributed by atoms with E-state index in [-0.39, 0.29) is 36.4 Å². The molecule has 0 spiro atoms. The van der Waals surface area contributed by atoms with Crippen LogP contribution in [0.3, 0.4) is 0 Å². The summed E-state index contributed by atoms with van der Waals surface area (Å²) in [7, 11) is 0. The highest BCUT2D eigenvalue weighted by molar-refractivity contribution is 7.80. The van der Waals surface area contributed by atoms with Gasteiger partial charge in [-0.3, -0.25) is 0 Å². The first-order valence-electron chi connectivity index (χ1n) is 9.04. The first-order chi connectivity index (χ1) is 13.9. The van der Waals surface area contributed by atoms with Crippen LogP contribution in [-0.4, -0.2) is 34.3 Å². The van der Waals surface area contributed by atoms with Gasteiger partial charge >= 0.3 is 12.4 Å². The van der Waals surface area contributed by atoms with Gasteiger partial charge in [0, 0.05) is 13.1 Å². The minimum Gasteiger partial charge on any atom is -0.508 e. The molecule has 0 aromatic heterocycles. The molecule has 1 atom stereocenters. The van der Waals surface area contributed by atoms with Crippen LogP contribution in [0.25, 0.3) is 0 Å². The Kier molecular flexibility index (Phi) is 6.16. The molecule has 162 valence electrons. The maximum absolute atomic E-state index is 13.0. The normalized spacial score (nSPS) is 17.3. The average Bonchev–Trinajstić information content (AvgIpc) is 2.99. The van der Waals surface area contributed by atoms with E-state index in [1.807, 2.05) is 0 Å². The predicted octanol–water partition coefficient (Wildman–Crippen LogP) is 4.77. The molecule has 0 amide bonds. The second kappa shape index (κ2) is 8.33. The topological polar surface area (TPSA) is 35.5 Å². The molecule has 1 aliphatic rings. The van der Waals surface area contributed by atoms with E-state index in [2.05, 4.69) is 5.32 Å². The molecular formula is C20H18F6N2OS. The first-order valence-corrected chi connectivity index (χ1v) is 9.45. The van der Waals surface area contributed by atoms with Gasteiger partial charge in [0.15, 0.2) is 5.11 Å². The van der Waals surface area contributed by atoms with Crippen molar-refractivity contribution in [3.05, 3.63) is 64.7 Å². The molecule has 3 rings (SSSR count). The fraction of sp³-hybridized carbons (Fsp3) is 0.350. The highest BCUT2D eigenvalue weighted by atomic mass is 32.1. The van der Waals surface area contributed by atoms with Gasteiger partial charge in [-0.2, -0.15) is 26.3 Å². The van der Waals surface area contributed by atoms with Crippen molar-refractivity contribution >= 4 is 17.3 Å². The third-order valence-electron chi connectivity index (χ3n) is 4.89. The molecule has 0 unspecified atom stereocenters. The molecule has 1 heterocycles. The fourth-order valence-electron chi connectivity index (χ4n) is 3.37. The summed E-state index contributed by atoms with van der Waals surface area (Å²) in [6.07, 6.45) is -9.21. The van der Waals surface area contributed by atoms with Gasteiger partial charge in [-0.1, -0.05) is 12.1 Å². The van der Waals surface area contributed by atoms with Gasteiger partial charge in [0.05, 0.1) is 17.2 Å². The number of rotatable bonds is 5. The molecule has 3 nitrogen and oxygen atoms in total. The summed E-state index contributed by atoms with van der Waals surface area (Å²) in [4.78, 5) is 1.77. The van der Waals surface area contributed by atoms with Crippen molar-refractivity contribution in [1.82, 2.24) is 10.2 Å². The van der Waals surface area contributed by atoms with Gasteiger partial charge in [0.25, 0.3) is 0 Å². The molecule has 0 bridgehead atoms. The maximum Gasteiger partial charge on any atom is 0.416 e. The van der Waals surface area contributed by atoms with E-state index in [1.165, 1.54) is 0 Å². The summed E-state index contributed by atoms with van der Waals surface area (Å²) in [6, 6.07) is 8.10. The number of halogens is 6. The molecule has 30 heavy (non-hydrogen) atoms. The van der Waals surface area contributed by atoms with Crippen LogP contribution in [0.2, 0.25) is 0 Å².